The van der Waals surface area contributed by atoms with Gasteiger partial charge in [0, 0.05) is 23.9 Å². The number of benzene rings is 1. The fourth-order valence-electron chi connectivity index (χ4n) is 2.42. The van der Waals surface area contributed by atoms with Gasteiger partial charge in [-0.25, -0.2) is 4.68 Å². The maximum absolute atomic E-state index is 11.2. The number of nitro benzene ring substituents is 1. The Morgan fingerprint density at radius 3 is 2.55 bits per heavy atom. The van der Waals surface area contributed by atoms with Crippen LogP contribution in [0.5, 0.6) is 0 Å². The van der Waals surface area contributed by atoms with Gasteiger partial charge < -0.3 is 5.73 Å². The summed E-state index contributed by atoms with van der Waals surface area (Å²) in [6.45, 7) is 4.40. The highest BCUT2D eigenvalue weighted by Crippen LogP contribution is 2.26. The van der Waals surface area contributed by atoms with E-state index in [1.54, 1.807) is 22.9 Å². The van der Waals surface area contributed by atoms with Gasteiger partial charge in [-0.1, -0.05) is 26.0 Å². The van der Waals surface area contributed by atoms with Crippen LogP contribution in [-0.2, 0) is 19.4 Å². The number of nitrogens with two attached hydrogens (primary N) is 1. The Kier molecular flexibility index (Phi) is 4.14. The number of hydrogen-bond acceptors (Lipinski definition) is 4. The molecule has 0 unspecified atom stereocenters. The van der Waals surface area contributed by atoms with Crippen LogP contribution in [0.4, 0.5) is 5.69 Å². The predicted molar refractivity (Wildman–Crippen MR) is 76.9 cm³/mol. The van der Waals surface area contributed by atoms with Crippen LogP contribution in [0.3, 0.4) is 0 Å². The topological polar surface area (TPSA) is 87.0 Å². The van der Waals surface area contributed by atoms with E-state index >= 15 is 0 Å². The van der Waals surface area contributed by atoms with E-state index in [1.807, 2.05) is 13.8 Å². The summed E-state index contributed by atoms with van der Waals surface area (Å²) in [7, 11) is 0. The molecule has 0 spiro atoms. The molecule has 1 aromatic heterocycles. The summed E-state index contributed by atoms with van der Waals surface area (Å²) in [4.78, 5) is 10.8. The van der Waals surface area contributed by atoms with E-state index in [9.17, 15) is 10.1 Å². The minimum Gasteiger partial charge on any atom is -0.326 e. The second-order valence-electron chi connectivity index (χ2n) is 4.44. The molecule has 0 aliphatic heterocycles. The van der Waals surface area contributed by atoms with Gasteiger partial charge in [-0.2, -0.15) is 5.10 Å². The molecule has 1 heterocycles. The molecule has 0 aliphatic carbocycles. The van der Waals surface area contributed by atoms with Crippen LogP contribution in [-0.4, -0.2) is 14.7 Å². The summed E-state index contributed by atoms with van der Waals surface area (Å²) >= 11 is 0. The van der Waals surface area contributed by atoms with Gasteiger partial charge in [0.05, 0.1) is 10.6 Å². The third-order valence-electron chi connectivity index (χ3n) is 3.35. The van der Waals surface area contributed by atoms with Crippen molar-refractivity contribution in [3.05, 3.63) is 51.3 Å². The first kappa shape index (κ1) is 14.2. The van der Waals surface area contributed by atoms with E-state index in [1.165, 1.54) is 6.07 Å². The van der Waals surface area contributed by atoms with Crippen molar-refractivity contribution in [2.75, 3.05) is 0 Å². The Bertz CT molecular complexity index is 634. The summed E-state index contributed by atoms with van der Waals surface area (Å²) in [5.41, 5.74) is 9.19. The number of aryl methyl sites for hydroxylation is 1. The van der Waals surface area contributed by atoms with E-state index in [4.69, 9.17) is 5.73 Å². The Hall–Kier alpha value is -2.21. The van der Waals surface area contributed by atoms with Crippen LogP contribution in [0.1, 0.15) is 30.8 Å². The lowest BCUT2D eigenvalue weighted by molar-refractivity contribution is -0.384. The highest BCUT2D eigenvalue weighted by molar-refractivity contribution is 5.53. The molecule has 6 nitrogen and oxygen atoms in total. The van der Waals surface area contributed by atoms with Crippen LogP contribution in [0.25, 0.3) is 5.69 Å². The number of nitro groups is 1. The normalized spacial score (nSPS) is 10.8. The molecule has 1 aromatic carbocycles. The summed E-state index contributed by atoms with van der Waals surface area (Å²) < 4.78 is 1.67. The minimum absolute atomic E-state index is 0.0518. The van der Waals surface area contributed by atoms with Crippen molar-refractivity contribution in [2.45, 2.75) is 33.2 Å². The van der Waals surface area contributed by atoms with Gasteiger partial charge in [0.15, 0.2) is 0 Å². The van der Waals surface area contributed by atoms with Crippen LogP contribution in [0.2, 0.25) is 0 Å². The van der Waals surface area contributed by atoms with Crippen LogP contribution >= 0.6 is 0 Å². The Morgan fingerprint density at radius 1 is 1.30 bits per heavy atom. The second-order valence-corrected chi connectivity index (χ2v) is 4.44. The molecule has 0 aliphatic rings. The maximum Gasteiger partial charge on any atom is 0.294 e. The summed E-state index contributed by atoms with van der Waals surface area (Å²) in [6, 6.07) is 6.63. The van der Waals surface area contributed by atoms with Gasteiger partial charge in [0.1, 0.15) is 5.69 Å². The summed E-state index contributed by atoms with van der Waals surface area (Å²) in [5.74, 6) is 0. The molecule has 0 bridgehead atoms. The van der Waals surface area contributed by atoms with Gasteiger partial charge in [0.25, 0.3) is 5.69 Å². The number of hydrogen-bond donors (Lipinski definition) is 1. The summed E-state index contributed by atoms with van der Waals surface area (Å²) in [6.07, 6.45) is 1.48. The van der Waals surface area contributed by atoms with E-state index in [-0.39, 0.29) is 10.6 Å². The standard InChI is InChI=1S/C14H18N4O2/c1-3-11-10(9-15)12(4-2)17(16-11)13-7-5-6-8-14(13)18(19)20/h5-8H,3-4,9,15H2,1-2H3. The summed E-state index contributed by atoms with van der Waals surface area (Å²) in [5, 5.41) is 15.7. The molecule has 2 N–H and O–H groups in total. The number of nitrogens with zero attached hydrogens (tertiary/aromatic N) is 3. The molecule has 0 radical (unpaired) electrons. The van der Waals surface area contributed by atoms with E-state index < -0.39 is 0 Å². The van der Waals surface area contributed by atoms with Gasteiger partial charge in [0.2, 0.25) is 0 Å². The third-order valence-corrected chi connectivity index (χ3v) is 3.35. The van der Waals surface area contributed by atoms with Crippen molar-refractivity contribution < 1.29 is 4.92 Å². The van der Waals surface area contributed by atoms with E-state index in [2.05, 4.69) is 5.10 Å². The SMILES string of the molecule is CCc1nn(-c2ccccc2[N+](=O)[O-])c(CC)c1CN. The Morgan fingerprint density at radius 2 is 2.00 bits per heavy atom. The van der Waals surface area contributed by atoms with Gasteiger partial charge in [-0.05, 0) is 18.9 Å². The highest BCUT2D eigenvalue weighted by atomic mass is 16.6. The zero-order chi connectivity index (χ0) is 14.7. The van der Waals surface area contributed by atoms with Gasteiger partial charge in [-0.15, -0.1) is 0 Å². The maximum atomic E-state index is 11.2. The Balaban J connectivity index is 2.70. The van der Waals surface area contributed by atoms with Gasteiger partial charge >= 0.3 is 0 Å². The van der Waals surface area contributed by atoms with Crippen molar-refractivity contribution in [2.24, 2.45) is 5.73 Å². The number of rotatable bonds is 5. The molecule has 0 saturated carbocycles. The molecular formula is C14H18N4O2. The first-order valence-corrected chi connectivity index (χ1v) is 6.67. The molecule has 0 fully saturated rings. The van der Waals surface area contributed by atoms with E-state index in [0.29, 0.717) is 12.2 Å². The quantitative estimate of drug-likeness (QED) is 0.669. The average Bonchev–Trinajstić information content (AvgIpc) is 2.84. The highest BCUT2D eigenvalue weighted by Gasteiger charge is 2.21. The van der Waals surface area contributed by atoms with E-state index in [0.717, 1.165) is 29.8 Å². The average molecular weight is 274 g/mol. The van der Waals surface area contributed by atoms with Crippen molar-refractivity contribution in [1.29, 1.82) is 0 Å². The van der Waals surface area contributed by atoms with Crippen molar-refractivity contribution >= 4 is 5.69 Å². The lowest BCUT2D eigenvalue weighted by Gasteiger charge is -2.07. The number of aromatic nitrogens is 2. The third kappa shape index (κ3) is 2.30. The zero-order valence-electron chi connectivity index (χ0n) is 11.7. The molecule has 0 saturated heterocycles. The minimum atomic E-state index is -0.385. The fraction of sp³-hybridized carbons (Fsp3) is 0.357. The van der Waals surface area contributed by atoms with Crippen molar-refractivity contribution in [3.63, 3.8) is 0 Å². The number of para-hydroxylation sites is 2. The predicted octanol–water partition coefficient (Wildman–Crippen LogP) is 2.36. The second kappa shape index (κ2) is 5.83. The van der Waals surface area contributed by atoms with Crippen LogP contribution in [0.15, 0.2) is 24.3 Å². The first-order valence-electron chi connectivity index (χ1n) is 6.67. The molecule has 0 atom stereocenters. The van der Waals surface area contributed by atoms with Crippen LogP contribution < -0.4 is 5.73 Å². The molecule has 106 valence electrons. The monoisotopic (exact) mass is 274 g/mol. The molecule has 20 heavy (non-hydrogen) atoms. The molecular weight excluding hydrogens is 256 g/mol. The molecule has 0 amide bonds. The lowest BCUT2D eigenvalue weighted by Crippen LogP contribution is -2.07. The van der Waals surface area contributed by atoms with Gasteiger partial charge in [-0.3, -0.25) is 10.1 Å². The molecule has 2 rings (SSSR count). The van der Waals surface area contributed by atoms with Crippen molar-refractivity contribution in [3.8, 4) is 5.69 Å². The van der Waals surface area contributed by atoms with Crippen LogP contribution in [0, 0.1) is 10.1 Å². The molecule has 6 heteroatoms. The fourth-order valence-corrected chi connectivity index (χ4v) is 2.42. The van der Waals surface area contributed by atoms with Crippen molar-refractivity contribution in [1.82, 2.24) is 9.78 Å². The largest absolute Gasteiger partial charge is 0.326 e. The first-order chi connectivity index (χ1) is 9.63. The Labute approximate surface area is 117 Å². The smallest absolute Gasteiger partial charge is 0.294 e. The lowest BCUT2D eigenvalue weighted by atomic mass is 10.1. The molecule has 2 aromatic rings. The zero-order valence-corrected chi connectivity index (χ0v) is 11.7.